The molecule has 0 saturated carbocycles. The second-order valence-electron chi connectivity index (χ2n) is 3.90. The van der Waals surface area contributed by atoms with Gasteiger partial charge in [0, 0.05) is 12.1 Å². The van der Waals surface area contributed by atoms with Crippen molar-refractivity contribution in [2.24, 2.45) is 5.73 Å². The number of nitrogens with zero attached hydrogens (tertiary/aromatic N) is 1. The predicted octanol–water partition coefficient (Wildman–Crippen LogP) is 2.19. The molecule has 102 valence electrons. The third-order valence-electron chi connectivity index (χ3n) is 2.50. The Balaban J connectivity index is 2.38. The number of rotatable bonds is 4. The molecular weight excluding hydrogens is 264 g/mol. The Bertz CT molecular complexity index is 667. The van der Waals surface area contributed by atoms with Crippen molar-refractivity contribution in [3.05, 3.63) is 58.1 Å². The van der Waals surface area contributed by atoms with Gasteiger partial charge in [0.15, 0.2) is 0 Å². The molecule has 0 atom stereocenters. The minimum absolute atomic E-state index is 0.0659. The van der Waals surface area contributed by atoms with E-state index in [1.807, 2.05) is 0 Å². The molecule has 0 bridgehead atoms. The van der Waals surface area contributed by atoms with Crippen LogP contribution in [0.3, 0.4) is 0 Å². The number of hydrogen-bond donors (Lipinski definition) is 2. The first kappa shape index (κ1) is 13.3. The maximum atomic E-state index is 11.3. The highest BCUT2D eigenvalue weighted by Crippen LogP contribution is 2.29. The van der Waals surface area contributed by atoms with Crippen LogP contribution >= 0.6 is 0 Å². The summed E-state index contributed by atoms with van der Waals surface area (Å²) in [5.74, 6) is -0.299. The van der Waals surface area contributed by atoms with Crippen LogP contribution in [0.2, 0.25) is 0 Å². The second kappa shape index (κ2) is 5.27. The van der Waals surface area contributed by atoms with Gasteiger partial charge in [0.05, 0.1) is 10.5 Å². The smallest absolute Gasteiger partial charge is 0.270 e. The van der Waals surface area contributed by atoms with Gasteiger partial charge in [-0.15, -0.1) is 0 Å². The fourth-order valence-corrected chi connectivity index (χ4v) is 1.55. The SMILES string of the molecule is NC(=O)c1cc([N+](=O)[O-])ccc1Oc1ccc(O)cc1. The molecule has 0 aliphatic carbocycles. The fourth-order valence-electron chi connectivity index (χ4n) is 1.55. The molecule has 20 heavy (non-hydrogen) atoms. The molecule has 7 nitrogen and oxygen atoms in total. The van der Waals surface area contributed by atoms with Crippen LogP contribution in [0.1, 0.15) is 10.4 Å². The van der Waals surface area contributed by atoms with Crippen LogP contribution in [0.25, 0.3) is 0 Å². The summed E-state index contributed by atoms with van der Waals surface area (Å²) in [6.45, 7) is 0. The molecule has 2 rings (SSSR count). The first-order chi connectivity index (χ1) is 9.47. The standard InChI is InChI=1S/C13H10N2O5/c14-13(17)11-7-8(15(18)19)1-6-12(11)20-10-4-2-9(16)3-5-10/h1-7,16H,(H2,14,17). The number of nitro groups is 1. The molecule has 0 aromatic heterocycles. The van der Waals surface area contributed by atoms with E-state index in [-0.39, 0.29) is 22.7 Å². The topological polar surface area (TPSA) is 116 Å². The van der Waals surface area contributed by atoms with Crippen molar-refractivity contribution >= 4 is 11.6 Å². The lowest BCUT2D eigenvalue weighted by Crippen LogP contribution is -2.12. The van der Waals surface area contributed by atoms with Crippen LogP contribution in [0.15, 0.2) is 42.5 Å². The van der Waals surface area contributed by atoms with Gasteiger partial charge < -0.3 is 15.6 Å². The van der Waals surface area contributed by atoms with E-state index in [1.165, 1.54) is 36.4 Å². The molecular formula is C13H10N2O5. The van der Waals surface area contributed by atoms with E-state index < -0.39 is 10.8 Å². The van der Waals surface area contributed by atoms with Crippen LogP contribution in [0, 0.1) is 10.1 Å². The summed E-state index contributed by atoms with van der Waals surface area (Å²) in [6.07, 6.45) is 0. The average Bonchev–Trinajstić information content (AvgIpc) is 2.41. The van der Waals surface area contributed by atoms with Gasteiger partial charge in [-0.2, -0.15) is 0 Å². The van der Waals surface area contributed by atoms with Gasteiger partial charge in [-0.3, -0.25) is 14.9 Å². The number of primary amides is 1. The number of ether oxygens (including phenoxy) is 1. The Kier molecular flexibility index (Phi) is 3.52. The van der Waals surface area contributed by atoms with E-state index in [2.05, 4.69) is 0 Å². The van der Waals surface area contributed by atoms with Crippen molar-refractivity contribution in [2.75, 3.05) is 0 Å². The average molecular weight is 274 g/mol. The molecule has 1 amide bonds. The summed E-state index contributed by atoms with van der Waals surface area (Å²) in [4.78, 5) is 21.4. The third kappa shape index (κ3) is 2.83. The van der Waals surface area contributed by atoms with Crippen LogP contribution in [0.5, 0.6) is 17.2 Å². The number of phenolic OH excluding ortho intramolecular Hbond substituents is 1. The number of benzene rings is 2. The number of non-ortho nitro benzene ring substituents is 1. The molecule has 0 radical (unpaired) electrons. The van der Waals surface area contributed by atoms with Gasteiger partial charge in [-0.05, 0) is 30.3 Å². The number of aromatic hydroxyl groups is 1. The molecule has 0 heterocycles. The Labute approximate surface area is 113 Å². The Hall–Kier alpha value is -3.09. The number of hydrogen-bond acceptors (Lipinski definition) is 5. The van der Waals surface area contributed by atoms with Crippen LogP contribution in [0.4, 0.5) is 5.69 Å². The quantitative estimate of drug-likeness (QED) is 0.654. The van der Waals surface area contributed by atoms with Crippen molar-refractivity contribution in [2.45, 2.75) is 0 Å². The molecule has 0 saturated heterocycles. The maximum Gasteiger partial charge on any atom is 0.270 e. The fraction of sp³-hybridized carbons (Fsp3) is 0. The minimum atomic E-state index is -0.831. The number of carbonyl (C=O) groups is 1. The molecule has 7 heteroatoms. The lowest BCUT2D eigenvalue weighted by atomic mass is 10.1. The zero-order valence-electron chi connectivity index (χ0n) is 10.1. The van der Waals surface area contributed by atoms with Crippen molar-refractivity contribution < 1.29 is 19.6 Å². The molecule has 2 aromatic rings. The number of amides is 1. The first-order valence-corrected chi connectivity index (χ1v) is 5.52. The van der Waals surface area contributed by atoms with E-state index in [0.717, 1.165) is 6.07 Å². The summed E-state index contributed by atoms with van der Waals surface area (Å²) in [5.41, 5.74) is 4.84. The lowest BCUT2D eigenvalue weighted by Gasteiger charge is -2.09. The van der Waals surface area contributed by atoms with E-state index in [4.69, 9.17) is 15.6 Å². The van der Waals surface area contributed by atoms with Crippen molar-refractivity contribution in [1.82, 2.24) is 0 Å². The highest BCUT2D eigenvalue weighted by molar-refractivity contribution is 5.96. The normalized spacial score (nSPS) is 10.0. The summed E-state index contributed by atoms with van der Waals surface area (Å²) < 4.78 is 5.43. The van der Waals surface area contributed by atoms with Crippen LogP contribution in [-0.2, 0) is 0 Å². The zero-order valence-corrected chi connectivity index (χ0v) is 10.1. The van der Waals surface area contributed by atoms with E-state index in [0.29, 0.717) is 5.75 Å². The molecule has 0 aliphatic heterocycles. The van der Waals surface area contributed by atoms with Crippen molar-refractivity contribution in [3.8, 4) is 17.2 Å². The summed E-state index contributed by atoms with van der Waals surface area (Å²) in [6, 6.07) is 9.35. The van der Waals surface area contributed by atoms with Gasteiger partial charge in [0.2, 0.25) is 0 Å². The molecule has 2 aromatic carbocycles. The second-order valence-corrected chi connectivity index (χ2v) is 3.90. The van der Waals surface area contributed by atoms with Crippen LogP contribution in [-0.4, -0.2) is 15.9 Å². The first-order valence-electron chi connectivity index (χ1n) is 5.52. The molecule has 3 N–H and O–H groups in total. The number of nitrogens with two attached hydrogens (primary N) is 1. The number of carbonyl (C=O) groups excluding carboxylic acids is 1. The lowest BCUT2D eigenvalue weighted by molar-refractivity contribution is -0.384. The van der Waals surface area contributed by atoms with Gasteiger partial charge in [0.1, 0.15) is 17.2 Å². The largest absolute Gasteiger partial charge is 0.508 e. The Morgan fingerprint density at radius 2 is 1.85 bits per heavy atom. The maximum absolute atomic E-state index is 11.3. The Morgan fingerprint density at radius 1 is 1.20 bits per heavy atom. The zero-order chi connectivity index (χ0) is 14.7. The monoisotopic (exact) mass is 274 g/mol. The third-order valence-corrected chi connectivity index (χ3v) is 2.50. The summed E-state index contributed by atoms with van der Waals surface area (Å²) >= 11 is 0. The molecule has 0 unspecified atom stereocenters. The highest BCUT2D eigenvalue weighted by atomic mass is 16.6. The van der Waals surface area contributed by atoms with Crippen molar-refractivity contribution in [3.63, 3.8) is 0 Å². The minimum Gasteiger partial charge on any atom is -0.508 e. The van der Waals surface area contributed by atoms with E-state index >= 15 is 0 Å². The molecule has 0 fully saturated rings. The van der Waals surface area contributed by atoms with Gasteiger partial charge >= 0.3 is 0 Å². The summed E-state index contributed by atoms with van der Waals surface area (Å²) in [7, 11) is 0. The van der Waals surface area contributed by atoms with Crippen LogP contribution < -0.4 is 10.5 Å². The molecule has 0 aliphatic rings. The Morgan fingerprint density at radius 3 is 2.40 bits per heavy atom. The van der Waals surface area contributed by atoms with Gasteiger partial charge in [-0.1, -0.05) is 0 Å². The van der Waals surface area contributed by atoms with Gasteiger partial charge in [0.25, 0.3) is 11.6 Å². The number of nitro benzene ring substituents is 1. The predicted molar refractivity (Wildman–Crippen MR) is 69.8 cm³/mol. The van der Waals surface area contributed by atoms with E-state index in [9.17, 15) is 14.9 Å². The molecule has 0 spiro atoms. The highest BCUT2D eigenvalue weighted by Gasteiger charge is 2.16. The van der Waals surface area contributed by atoms with E-state index in [1.54, 1.807) is 0 Å². The van der Waals surface area contributed by atoms with Crippen molar-refractivity contribution in [1.29, 1.82) is 0 Å². The number of phenols is 1. The summed E-state index contributed by atoms with van der Waals surface area (Å²) in [5, 5.41) is 19.8. The van der Waals surface area contributed by atoms with Gasteiger partial charge in [-0.25, -0.2) is 0 Å².